The lowest BCUT2D eigenvalue weighted by molar-refractivity contribution is 0.275. The fourth-order valence-electron chi connectivity index (χ4n) is 0. The molecule has 7 heteroatoms. The zero-order valence-corrected chi connectivity index (χ0v) is 5.00. The molecule has 8 heavy (non-hydrogen) atoms. The second-order valence-electron chi connectivity index (χ2n) is 0.513. The van der Waals surface area contributed by atoms with Crippen LogP contribution < -0.4 is 0 Å². The molecule has 0 amide bonds. The molecule has 0 fully saturated rings. The van der Waals surface area contributed by atoms with Crippen molar-refractivity contribution in [3.8, 4) is 0 Å². The first-order valence-electron chi connectivity index (χ1n) is 0.987. The lowest BCUT2D eigenvalue weighted by Crippen LogP contribution is -1.66. The summed E-state index contributed by atoms with van der Waals surface area (Å²) in [6.07, 6.45) is 0. The zero-order valence-electron chi connectivity index (χ0n) is 3.11. The first kappa shape index (κ1) is 15.7. The Hall–Kier alpha value is 0.127. The summed E-state index contributed by atoms with van der Waals surface area (Å²) in [5.74, 6) is 0. The molecular weight excluding hydrogens is 151 g/mol. The second kappa shape index (κ2) is 7.13. The van der Waals surface area contributed by atoms with E-state index in [0.29, 0.717) is 0 Å². The maximum absolute atomic E-state index is 8.88. The van der Waals surface area contributed by atoms with Crippen molar-refractivity contribution in [3.63, 3.8) is 0 Å². The third-order valence-corrected chi connectivity index (χ3v) is 0. The number of hydrogen-bond acceptors (Lipinski definition) is 2. The topological polar surface area (TPSA) is 94.8 Å². The Morgan fingerprint density at radius 1 is 1.12 bits per heavy atom. The van der Waals surface area contributed by atoms with Gasteiger partial charge in [-0.2, -0.15) is 0 Å². The van der Waals surface area contributed by atoms with Crippen LogP contribution in [-0.4, -0.2) is 24.8 Å². The Morgan fingerprint density at radius 2 is 1.12 bits per heavy atom. The van der Waals surface area contributed by atoms with Gasteiger partial charge < -0.3 is 19.1 Å². The van der Waals surface area contributed by atoms with Crippen LogP contribution in [0.15, 0.2) is 0 Å². The van der Waals surface area contributed by atoms with E-state index < -0.39 is 7.82 Å². The van der Waals surface area contributed by atoms with Crippen molar-refractivity contribution in [2.75, 3.05) is 0 Å². The van der Waals surface area contributed by atoms with Crippen LogP contribution >= 0.6 is 7.82 Å². The molecule has 0 saturated carbocycles. The Balaban J connectivity index is -0.0000000750. The van der Waals surface area contributed by atoms with E-state index in [9.17, 15) is 0 Å². The normalized spacial score (nSPS) is 7.88. The van der Waals surface area contributed by atoms with E-state index in [-0.39, 0.29) is 7.43 Å². The molecule has 3 N–H and O–H groups in total. The average Bonchev–Trinajstić information content (AvgIpc) is 1.36. The van der Waals surface area contributed by atoms with E-state index in [1.807, 2.05) is 0 Å². The molecule has 2 radical (unpaired) electrons. The van der Waals surface area contributed by atoms with Crippen LogP contribution in [0.5, 0.6) is 0 Å². The summed E-state index contributed by atoms with van der Waals surface area (Å²) in [6.45, 7) is 0. The Bertz CT molecular complexity index is 68.2. The molecule has 0 aromatic rings. The molecule has 0 unspecified atom stereocenters. The summed E-state index contributed by atoms with van der Waals surface area (Å²) < 4.78 is 16.9. The smallest absolute Gasteiger partial charge is 0.381 e. The highest BCUT2D eigenvalue weighted by Crippen LogP contribution is 2.25. The van der Waals surface area contributed by atoms with Gasteiger partial charge >= 0.3 is 18.0 Å². The van der Waals surface area contributed by atoms with Crippen LogP contribution in [0.3, 0.4) is 0 Å². The molecular formula is CH7O5PSi. The van der Waals surface area contributed by atoms with Crippen LogP contribution in [-0.2, 0) is 9.03 Å². The largest absolute Gasteiger partial charge is 0.466 e. The van der Waals surface area contributed by atoms with Crippen molar-refractivity contribution < 1.29 is 23.7 Å². The lowest BCUT2D eigenvalue weighted by Gasteiger charge is -1.82. The first-order chi connectivity index (χ1) is 3.00. The van der Waals surface area contributed by atoms with Gasteiger partial charge in [0.15, 0.2) is 0 Å². The highest BCUT2D eigenvalue weighted by Gasteiger charge is 2.00. The van der Waals surface area contributed by atoms with Crippen LogP contribution in [0.1, 0.15) is 7.43 Å². The molecule has 0 saturated heterocycles. The van der Waals surface area contributed by atoms with Crippen LogP contribution in [0, 0.1) is 0 Å². The molecule has 0 aromatic carbocycles. The summed E-state index contributed by atoms with van der Waals surface area (Å²) >= 11 is 0. The van der Waals surface area contributed by atoms with E-state index in [4.69, 9.17) is 23.7 Å². The van der Waals surface area contributed by atoms with Crippen LogP contribution in [0.4, 0.5) is 0 Å². The van der Waals surface area contributed by atoms with Gasteiger partial charge in [-0.3, -0.25) is 0 Å². The van der Waals surface area contributed by atoms with E-state index in [2.05, 4.69) is 0 Å². The summed E-state index contributed by atoms with van der Waals surface area (Å²) in [4.78, 5) is 21.6. The van der Waals surface area contributed by atoms with Crippen molar-refractivity contribution >= 4 is 18.0 Å². The average molecular weight is 158 g/mol. The third-order valence-electron chi connectivity index (χ3n) is 0. The predicted octanol–water partition coefficient (Wildman–Crippen LogP) is -0.792. The van der Waals surface area contributed by atoms with E-state index in [1.54, 1.807) is 10.1 Å². The molecule has 0 rings (SSSR count). The van der Waals surface area contributed by atoms with E-state index in [0.717, 1.165) is 0 Å². The van der Waals surface area contributed by atoms with Gasteiger partial charge in [0.2, 0.25) is 0 Å². The van der Waals surface area contributed by atoms with Gasteiger partial charge in [0, 0.05) is 0 Å². The van der Waals surface area contributed by atoms with Gasteiger partial charge in [-0.1, -0.05) is 7.43 Å². The molecule has 50 valence electrons. The quantitative estimate of drug-likeness (QED) is 0.317. The maximum Gasteiger partial charge on any atom is 0.466 e. The van der Waals surface area contributed by atoms with Crippen LogP contribution in [0.25, 0.3) is 0 Å². The number of hydrogen-bond donors (Lipinski definition) is 3. The molecule has 0 aliphatic carbocycles. The fourth-order valence-corrected chi connectivity index (χ4v) is 0. The third kappa shape index (κ3) is 10000. The molecule has 0 atom stereocenters. The Labute approximate surface area is 50.1 Å². The van der Waals surface area contributed by atoms with Crippen molar-refractivity contribution in [1.82, 2.24) is 0 Å². The minimum Gasteiger partial charge on any atom is -0.381 e. The zero-order chi connectivity index (χ0) is 6.50. The predicted molar refractivity (Wildman–Crippen MR) is 27.4 cm³/mol. The molecule has 0 heterocycles. The molecule has 0 aromatic heterocycles. The lowest BCUT2D eigenvalue weighted by atomic mass is 12.0. The molecule has 0 spiro atoms. The minimum atomic E-state index is -4.64. The highest BCUT2D eigenvalue weighted by atomic mass is 31.2. The molecule has 0 bridgehead atoms. The van der Waals surface area contributed by atoms with Gasteiger partial charge in [-0.25, -0.2) is 4.57 Å². The summed E-state index contributed by atoms with van der Waals surface area (Å²) in [6, 6.07) is 0. The number of phosphoric acid groups is 1. The van der Waals surface area contributed by atoms with Gasteiger partial charge in [0.05, 0.1) is 0 Å². The van der Waals surface area contributed by atoms with Gasteiger partial charge in [0.25, 0.3) is 0 Å². The molecule has 0 aliphatic rings. The molecule has 5 nitrogen and oxygen atoms in total. The minimum absolute atomic E-state index is 0. The Kier molecular flexibility index (Phi) is 14.0. The van der Waals surface area contributed by atoms with Gasteiger partial charge in [-0.15, -0.1) is 0 Å². The van der Waals surface area contributed by atoms with Crippen molar-refractivity contribution in [2.45, 2.75) is 7.43 Å². The Morgan fingerprint density at radius 3 is 1.12 bits per heavy atom. The highest BCUT2D eigenvalue weighted by molar-refractivity contribution is 7.45. The second-order valence-corrected chi connectivity index (χ2v) is 1.54. The van der Waals surface area contributed by atoms with Crippen molar-refractivity contribution in [1.29, 1.82) is 0 Å². The maximum atomic E-state index is 8.88. The SMILES string of the molecule is C.O=P(O)(O)O.O=[Si]. The fraction of sp³-hybridized carbons (Fsp3) is 1.00. The van der Waals surface area contributed by atoms with E-state index in [1.165, 1.54) is 0 Å². The van der Waals surface area contributed by atoms with E-state index >= 15 is 0 Å². The monoisotopic (exact) mass is 158 g/mol. The summed E-state index contributed by atoms with van der Waals surface area (Å²) in [5.41, 5.74) is 0. The molecule has 0 aliphatic heterocycles. The first-order valence-corrected chi connectivity index (χ1v) is 2.96. The van der Waals surface area contributed by atoms with Gasteiger partial charge in [0.1, 0.15) is 0 Å². The van der Waals surface area contributed by atoms with Crippen molar-refractivity contribution in [2.24, 2.45) is 0 Å². The standard InChI is InChI=1S/CH4.H3O4P.OSi/c;1-5(2,3)4;1-2/h1H4;(H3,1,2,3,4);. The number of rotatable bonds is 0. The summed E-state index contributed by atoms with van der Waals surface area (Å²) in [7, 11) is -2.92. The van der Waals surface area contributed by atoms with Crippen LogP contribution in [0.2, 0.25) is 0 Å². The summed E-state index contributed by atoms with van der Waals surface area (Å²) in [5, 5.41) is 0. The van der Waals surface area contributed by atoms with Crippen molar-refractivity contribution in [3.05, 3.63) is 0 Å². The van der Waals surface area contributed by atoms with Gasteiger partial charge in [-0.05, 0) is 0 Å².